The van der Waals surface area contributed by atoms with Gasteiger partial charge < -0.3 is 5.32 Å². The van der Waals surface area contributed by atoms with Crippen LogP contribution in [0, 0.1) is 0 Å². The minimum absolute atomic E-state index is 0. The third-order valence-electron chi connectivity index (χ3n) is 2.95. The van der Waals surface area contributed by atoms with Crippen molar-refractivity contribution in [2.24, 2.45) is 0 Å². The number of nitrogens with zero attached hydrogens (tertiary/aromatic N) is 1. The zero-order valence-electron chi connectivity index (χ0n) is 8.52. The Morgan fingerprint density at radius 3 is 2.87 bits per heavy atom. The maximum atomic E-state index is 4.68. The second-order valence-corrected chi connectivity index (χ2v) is 3.97. The zero-order chi connectivity index (χ0) is 9.54. The van der Waals surface area contributed by atoms with Crippen molar-refractivity contribution in [2.45, 2.75) is 18.9 Å². The van der Waals surface area contributed by atoms with Crippen LogP contribution in [0.2, 0.25) is 0 Å². The average molecular weight is 368 g/mol. The van der Waals surface area contributed by atoms with E-state index >= 15 is 0 Å². The molecule has 1 heterocycles. The van der Waals surface area contributed by atoms with Crippen molar-refractivity contribution in [1.29, 1.82) is 0 Å². The SMILES string of the molecule is CC1=CC2c3ccccc3[N-]C2C=C1.[Re]. The molecule has 15 heavy (non-hydrogen) atoms. The van der Waals surface area contributed by atoms with Crippen molar-refractivity contribution in [3.8, 4) is 0 Å². The molecule has 77 valence electrons. The first kappa shape index (κ1) is 10.7. The first-order valence-electron chi connectivity index (χ1n) is 5.01. The third-order valence-corrected chi connectivity index (χ3v) is 2.95. The number of benzene rings is 1. The molecular weight excluding hydrogens is 356 g/mol. The molecule has 1 aromatic rings. The van der Waals surface area contributed by atoms with E-state index in [4.69, 9.17) is 0 Å². The molecular formula is C13H12NRe-. The van der Waals surface area contributed by atoms with Crippen molar-refractivity contribution in [3.63, 3.8) is 0 Å². The van der Waals surface area contributed by atoms with Gasteiger partial charge in [-0.2, -0.15) is 0 Å². The topological polar surface area (TPSA) is 14.1 Å². The predicted molar refractivity (Wildman–Crippen MR) is 58.9 cm³/mol. The van der Waals surface area contributed by atoms with Crippen LogP contribution in [0.3, 0.4) is 0 Å². The summed E-state index contributed by atoms with van der Waals surface area (Å²) in [5.41, 5.74) is 3.89. The van der Waals surface area contributed by atoms with Crippen LogP contribution in [0.15, 0.2) is 48.1 Å². The summed E-state index contributed by atoms with van der Waals surface area (Å²) in [7, 11) is 0. The van der Waals surface area contributed by atoms with Crippen molar-refractivity contribution < 1.29 is 20.4 Å². The Hall–Kier alpha value is -0.838. The molecule has 1 aliphatic carbocycles. The molecule has 0 amide bonds. The molecule has 0 fully saturated rings. The third kappa shape index (κ3) is 1.69. The van der Waals surface area contributed by atoms with Gasteiger partial charge in [0.2, 0.25) is 0 Å². The van der Waals surface area contributed by atoms with Gasteiger partial charge in [0.15, 0.2) is 0 Å². The Balaban J connectivity index is 0.000000853. The number of rotatable bonds is 0. The van der Waals surface area contributed by atoms with E-state index in [1.165, 1.54) is 11.1 Å². The van der Waals surface area contributed by atoms with Gasteiger partial charge in [0.25, 0.3) is 0 Å². The number of allylic oxidation sites excluding steroid dienone is 2. The van der Waals surface area contributed by atoms with Crippen LogP contribution in [0.1, 0.15) is 18.4 Å². The summed E-state index contributed by atoms with van der Waals surface area (Å²) in [6.07, 6.45) is 6.69. The van der Waals surface area contributed by atoms with Crippen molar-refractivity contribution in [1.82, 2.24) is 0 Å². The Morgan fingerprint density at radius 2 is 2.00 bits per heavy atom. The number of para-hydroxylation sites is 1. The zero-order valence-corrected chi connectivity index (χ0v) is 11.2. The van der Waals surface area contributed by atoms with E-state index in [1.807, 2.05) is 0 Å². The molecule has 2 unspecified atom stereocenters. The average Bonchev–Trinajstić information content (AvgIpc) is 2.56. The predicted octanol–water partition coefficient (Wildman–Crippen LogP) is 3.67. The van der Waals surface area contributed by atoms with Crippen LogP contribution >= 0.6 is 0 Å². The fourth-order valence-corrected chi connectivity index (χ4v) is 2.25. The summed E-state index contributed by atoms with van der Waals surface area (Å²) < 4.78 is 0. The summed E-state index contributed by atoms with van der Waals surface area (Å²) in [6, 6.07) is 8.78. The Bertz CT molecular complexity index is 434. The Morgan fingerprint density at radius 1 is 1.20 bits per heavy atom. The number of hydrogen-bond acceptors (Lipinski definition) is 0. The molecule has 2 aliphatic rings. The van der Waals surface area contributed by atoms with E-state index in [0.717, 1.165) is 5.69 Å². The quantitative estimate of drug-likeness (QED) is 0.663. The molecule has 0 saturated heterocycles. The van der Waals surface area contributed by atoms with Crippen molar-refractivity contribution >= 4 is 5.69 Å². The summed E-state index contributed by atoms with van der Waals surface area (Å²) >= 11 is 0. The van der Waals surface area contributed by atoms with Crippen molar-refractivity contribution in [3.05, 3.63) is 58.9 Å². The molecule has 0 spiro atoms. The van der Waals surface area contributed by atoms with Crippen LogP contribution in [-0.4, -0.2) is 6.04 Å². The minimum Gasteiger partial charge on any atom is -0.678 e. The standard InChI is InChI=1S/C13H12N.Re/c1-9-6-7-13-11(8-9)10-4-2-3-5-12(10)14-13;/h2-8,11,13H,1H3;/q-1;. The van der Waals surface area contributed by atoms with Crippen LogP contribution < -0.4 is 0 Å². The van der Waals surface area contributed by atoms with Gasteiger partial charge in [-0.1, -0.05) is 59.7 Å². The maximum absolute atomic E-state index is 4.68. The van der Waals surface area contributed by atoms with Crippen LogP contribution in [0.4, 0.5) is 5.69 Å². The van der Waals surface area contributed by atoms with Crippen molar-refractivity contribution in [2.75, 3.05) is 0 Å². The van der Waals surface area contributed by atoms with Crippen LogP contribution in [0.25, 0.3) is 5.32 Å². The van der Waals surface area contributed by atoms with Gasteiger partial charge >= 0.3 is 0 Å². The van der Waals surface area contributed by atoms with E-state index in [9.17, 15) is 0 Å². The molecule has 1 aliphatic heterocycles. The van der Waals surface area contributed by atoms with E-state index < -0.39 is 0 Å². The maximum Gasteiger partial charge on any atom is 0 e. The van der Waals surface area contributed by atoms with Gasteiger partial charge in [0.1, 0.15) is 0 Å². The largest absolute Gasteiger partial charge is 0.678 e. The second-order valence-electron chi connectivity index (χ2n) is 3.97. The molecule has 3 rings (SSSR count). The summed E-state index contributed by atoms with van der Waals surface area (Å²) in [5.74, 6) is 0.483. The molecule has 0 aromatic heterocycles. The molecule has 1 aromatic carbocycles. The minimum atomic E-state index is 0. The van der Waals surface area contributed by atoms with Crippen LogP contribution in [-0.2, 0) is 20.4 Å². The Kier molecular flexibility index (Phi) is 2.82. The molecule has 0 bridgehead atoms. The molecule has 1 nitrogen and oxygen atoms in total. The van der Waals surface area contributed by atoms with E-state index in [1.54, 1.807) is 0 Å². The van der Waals surface area contributed by atoms with Crippen LogP contribution in [0.5, 0.6) is 0 Å². The molecule has 2 atom stereocenters. The van der Waals surface area contributed by atoms with Gasteiger partial charge in [-0.15, -0.1) is 5.69 Å². The summed E-state index contributed by atoms with van der Waals surface area (Å²) in [5, 5.41) is 4.68. The monoisotopic (exact) mass is 369 g/mol. The number of fused-ring (bicyclic) bond motifs is 3. The van der Waals surface area contributed by atoms with Gasteiger partial charge in [0, 0.05) is 20.4 Å². The first-order valence-corrected chi connectivity index (χ1v) is 5.01. The van der Waals surface area contributed by atoms with Gasteiger partial charge in [-0.3, -0.25) is 0 Å². The number of hydrogen-bond donors (Lipinski definition) is 0. The van der Waals surface area contributed by atoms with E-state index in [-0.39, 0.29) is 20.4 Å². The van der Waals surface area contributed by atoms with E-state index in [0.29, 0.717) is 12.0 Å². The Labute approximate surface area is 104 Å². The summed E-state index contributed by atoms with van der Waals surface area (Å²) in [4.78, 5) is 0. The van der Waals surface area contributed by atoms with Gasteiger partial charge in [0.05, 0.1) is 0 Å². The molecule has 2 heteroatoms. The molecule has 0 N–H and O–H groups in total. The first-order chi connectivity index (χ1) is 6.84. The van der Waals surface area contributed by atoms with E-state index in [2.05, 4.69) is 54.7 Å². The normalized spacial score (nSPS) is 25.8. The molecule has 0 saturated carbocycles. The second kappa shape index (κ2) is 3.96. The summed E-state index contributed by atoms with van der Waals surface area (Å²) in [6.45, 7) is 2.15. The molecule has 1 radical (unpaired) electrons. The fourth-order valence-electron chi connectivity index (χ4n) is 2.25. The smallest absolute Gasteiger partial charge is 0 e. The fraction of sp³-hybridized carbons (Fsp3) is 0.231. The van der Waals surface area contributed by atoms with Gasteiger partial charge in [-0.05, 0) is 12.8 Å². The van der Waals surface area contributed by atoms with Gasteiger partial charge in [-0.25, -0.2) is 0 Å².